The fraction of sp³-hybridized carbons (Fsp3) is 0.600. The Bertz CT molecular complexity index is 253. The number of fused-ring (bicyclic) bond motifs is 1. The van der Waals surface area contributed by atoms with Crippen LogP contribution in [-0.4, -0.2) is 11.6 Å². The molecule has 0 heterocycles. The topological polar surface area (TPSA) is 34.1 Å². The van der Waals surface area contributed by atoms with E-state index >= 15 is 0 Å². The van der Waals surface area contributed by atoms with Gasteiger partial charge in [0.1, 0.15) is 5.78 Å². The first-order chi connectivity index (χ1) is 5.77. The van der Waals surface area contributed by atoms with Crippen LogP contribution in [0.4, 0.5) is 0 Å². The summed E-state index contributed by atoms with van der Waals surface area (Å²) in [4.78, 5) is 22.4. The third kappa shape index (κ3) is 1.22. The van der Waals surface area contributed by atoms with Gasteiger partial charge in [-0.2, -0.15) is 0 Å². The molecule has 1 fully saturated rings. The molecular weight excluding hydrogens is 152 g/mol. The molecule has 1 saturated carbocycles. The Morgan fingerprint density at radius 1 is 1.17 bits per heavy atom. The van der Waals surface area contributed by atoms with Gasteiger partial charge in [-0.25, -0.2) is 0 Å². The lowest BCUT2D eigenvalue weighted by Crippen LogP contribution is -2.13. The zero-order chi connectivity index (χ0) is 8.55. The highest BCUT2D eigenvalue weighted by Gasteiger charge is 2.32. The lowest BCUT2D eigenvalue weighted by Gasteiger charge is -2.12. The molecule has 0 amide bonds. The zero-order valence-corrected chi connectivity index (χ0v) is 6.95. The average Bonchev–Trinajstić information content (AvgIpc) is 2.28. The van der Waals surface area contributed by atoms with E-state index in [1.807, 2.05) is 6.08 Å². The van der Waals surface area contributed by atoms with Crippen LogP contribution in [0.15, 0.2) is 12.2 Å². The smallest absolute Gasteiger partial charge is 0.159 e. The van der Waals surface area contributed by atoms with Crippen molar-refractivity contribution in [2.75, 3.05) is 0 Å². The fourth-order valence-corrected chi connectivity index (χ4v) is 2.11. The Morgan fingerprint density at radius 2 is 1.92 bits per heavy atom. The molecule has 0 aromatic heterocycles. The molecule has 0 saturated heterocycles. The van der Waals surface area contributed by atoms with Crippen LogP contribution in [0, 0.1) is 11.8 Å². The van der Waals surface area contributed by atoms with Crippen LogP contribution in [0.1, 0.15) is 25.7 Å². The van der Waals surface area contributed by atoms with E-state index in [0.29, 0.717) is 24.5 Å². The summed E-state index contributed by atoms with van der Waals surface area (Å²) in [7, 11) is 0. The quantitative estimate of drug-likeness (QED) is 0.543. The largest absolute Gasteiger partial charge is 0.300 e. The van der Waals surface area contributed by atoms with Crippen molar-refractivity contribution in [3.63, 3.8) is 0 Å². The first-order valence-corrected chi connectivity index (χ1v) is 4.51. The van der Waals surface area contributed by atoms with Gasteiger partial charge in [0.15, 0.2) is 5.78 Å². The molecular formula is C10H12O2. The van der Waals surface area contributed by atoms with Gasteiger partial charge < -0.3 is 0 Å². The van der Waals surface area contributed by atoms with Gasteiger partial charge in [0.2, 0.25) is 0 Å². The van der Waals surface area contributed by atoms with Crippen LogP contribution in [0.2, 0.25) is 0 Å². The fourth-order valence-electron chi connectivity index (χ4n) is 2.11. The Morgan fingerprint density at radius 3 is 2.75 bits per heavy atom. The molecule has 0 aliphatic heterocycles. The number of carbonyl (C=O) groups excluding carboxylic acids is 2. The third-order valence-corrected chi connectivity index (χ3v) is 2.88. The predicted molar refractivity (Wildman–Crippen MR) is 44.6 cm³/mol. The predicted octanol–water partition coefficient (Wildman–Crippen LogP) is 1.50. The minimum absolute atomic E-state index is 0.136. The van der Waals surface area contributed by atoms with Gasteiger partial charge in [-0.05, 0) is 24.8 Å². The lowest BCUT2D eigenvalue weighted by atomic mass is 9.90. The number of allylic oxidation sites excluding steroid dienone is 2. The molecule has 0 radical (unpaired) electrons. The monoisotopic (exact) mass is 164 g/mol. The summed E-state index contributed by atoms with van der Waals surface area (Å²) in [5, 5.41) is 0. The van der Waals surface area contributed by atoms with Crippen molar-refractivity contribution in [2.45, 2.75) is 25.7 Å². The molecule has 2 nitrogen and oxygen atoms in total. The second kappa shape index (κ2) is 2.85. The van der Waals surface area contributed by atoms with Crippen molar-refractivity contribution in [3.05, 3.63) is 12.2 Å². The Kier molecular flexibility index (Phi) is 1.83. The minimum Gasteiger partial charge on any atom is -0.300 e. The molecule has 0 spiro atoms. The first-order valence-electron chi connectivity index (χ1n) is 4.51. The molecule has 64 valence electrons. The number of rotatable bonds is 0. The Labute approximate surface area is 71.6 Å². The summed E-state index contributed by atoms with van der Waals surface area (Å²) >= 11 is 0. The summed E-state index contributed by atoms with van der Waals surface area (Å²) < 4.78 is 0. The van der Waals surface area contributed by atoms with E-state index in [0.717, 1.165) is 12.8 Å². The standard InChI is InChI=1S/C10H12O2/c11-8-3-1-7-2-6-10(12)9(7)5-4-8/h2,6-7,9H,1,3-5H2. The van der Waals surface area contributed by atoms with Gasteiger partial charge >= 0.3 is 0 Å². The summed E-state index contributed by atoms with van der Waals surface area (Å²) in [6.45, 7) is 0. The van der Waals surface area contributed by atoms with E-state index in [4.69, 9.17) is 0 Å². The summed E-state index contributed by atoms with van der Waals surface area (Å²) in [5.41, 5.74) is 0. The van der Waals surface area contributed by atoms with E-state index in [1.165, 1.54) is 0 Å². The highest BCUT2D eigenvalue weighted by molar-refractivity contribution is 5.95. The number of hydrogen-bond acceptors (Lipinski definition) is 2. The highest BCUT2D eigenvalue weighted by Crippen LogP contribution is 2.33. The van der Waals surface area contributed by atoms with Crippen LogP contribution >= 0.6 is 0 Å². The minimum atomic E-state index is 0.136. The van der Waals surface area contributed by atoms with Crippen LogP contribution < -0.4 is 0 Å². The maximum atomic E-state index is 11.3. The van der Waals surface area contributed by atoms with Gasteiger partial charge in [0.25, 0.3) is 0 Å². The molecule has 0 N–H and O–H groups in total. The molecule has 12 heavy (non-hydrogen) atoms. The molecule has 0 aromatic rings. The van der Waals surface area contributed by atoms with Gasteiger partial charge in [0, 0.05) is 18.8 Å². The second-order valence-electron chi connectivity index (χ2n) is 3.65. The summed E-state index contributed by atoms with van der Waals surface area (Å²) in [5.74, 6) is 1.06. The van der Waals surface area contributed by atoms with Gasteiger partial charge in [-0.3, -0.25) is 9.59 Å². The van der Waals surface area contributed by atoms with Crippen LogP contribution in [-0.2, 0) is 9.59 Å². The lowest BCUT2D eigenvalue weighted by molar-refractivity contribution is -0.119. The van der Waals surface area contributed by atoms with E-state index in [-0.39, 0.29) is 11.7 Å². The van der Waals surface area contributed by atoms with E-state index in [9.17, 15) is 9.59 Å². The molecule has 2 atom stereocenters. The average molecular weight is 164 g/mol. The Balaban J connectivity index is 2.13. The zero-order valence-electron chi connectivity index (χ0n) is 6.95. The van der Waals surface area contributed by atoms with Crippen molar-refractivity contribution >= 4 is 11.6 Å². The maximum Gasteiger partial charge on any atom is 0.159 e. The summed E-state index contributed by atoms with van der Waals surface area (Å²) in [6.07, 6.45) is 6.59. The van der Waals surface area contributed by atoms with Gasteiger partial charge in [0.05, 0.1) is 0 Å². The molecule has 2 unspecified atom stereocenters. The molecule has 2 aliphatic rings. The summed E-state index contributed by atoms with van der Waals surface area (Å²) in [6, 6.07) is 0. The van der Waals surface area contributed by atoms with Crippen molar-refractivity contribution < 1.29 is 9.59 Å². The molecule has 0 aromatic carbocycles. The van der Waals surface area contributed by atoms with Gasteiger partial charge in [-0.15, -0.1) is 0 Å². The van der Waals surface area contributed by atoms with E-state index in [2.05, 4.69) is 0 Å². The molecule has 2 rings (SSSR count). The third-order valence-electron chi connectivity index (χ3n) is 2.88. The number of carbonyl (C=O) groups is 2. The van der Waals surface area contributed by atoms with Crippen LogP contribution in [0.3, 0.4) is 0 Å². The number of ketones is 2. The number of Topliss-reactive ketones (excluding diaryl/α,β-unsaturated/α-hetero) is 1. The van der Waals surface area contributed by atoms with Crippen molar-refractivity contribution in [1.29, 1.82) is 0 Å². The SMILES string of the molecule is O=C1CCC2C=CC(=O)C2CC1. The molecule has 0 bridgehead atoms. The maximum absolute atomic E-state index is 11.3. The Hall–Kier alpha value is -0.920. The van der Waals surface area contributed by atoms with Gasteiger partial charge in [-0.1, -0.05) is 6.08 Å². The van der Waals surface area contributed by atoms with Crippen molar-refractivity contribution in [2.24, 2.45) is 11.8 Å². The number of hydrogen-bond donors (Lipinski definition) is 0. The second-order valence-corrected chi connectivity index (χ2v) is 3.65. The molecule has 2 heteroatoms. The first kappa shape index (κ1) is 7.71. The van der Waals surface area contributed by atoms with E-state index in [1.54, 1.807) is 6.08 Å². The normalized spacial score (nSPS) is 35.0. The van der Waals surface area contributed by atoms with Crippen molar-refractivity contribution in [3.8, 4) is 0 Å². The highest BCUT2D eigenvalue weighted by atomic mass is 16.1. The molecule has 2 aliphatic carbocycles. The van der Waals surface area contributed by atoms with Crippen molar-refractivity contribution in [1.82, 2.24) is 0 Å². The van der Waals surface area contributed by atoms with E-state index < -0.39 is 0 Å². The van der Waals surface area contributed by atoms with Crippen LogP contribution in [0.25, 0.3) is 0 Å². The van der Waals surface area contributed by atoms with Crippen LogP contribution in [0.5, 0.6) is 0 Å².